The summed E-state index contributed by atoms with van der Waals surface area (Å²) in [5.74, 6) is -0.00413. The van der Waals surface area contributed by atoms with Crippen molar-refractivity contribution in [3.05, 3.63) is 95.6 Å². The molecule has 0 atom stereocenters. The first-order valence-electron chi connectivity index (χ1n) is 7.91. The first kappa shape index (κ1) is 15.3. The highest BCUT2D eigenvalue weighted by atomic mass is 19.1. The Hall–Kier alpha value is -3.21. The Morgan fingerprint density at radius 3 is 1.88 bits per heavy atom. The van der Waals surface area contributed by atoms with Crippen molar-refractivity contribution in [3.8, 4) is 0 Å². The van der Waals surface area contributed by atoms with Crippen LogP contribution in [0.2, 0.25) is 0 Å². The van der Waals surface area contributed by atoms with E-state index < -0.39 is 0 Å². The van der Waals surface area contributed by atoms with Gasteiger partial charge in [-0.1, -0.05) is 36.4 Å². The summed E-state index contributed by atoms with van der Waals surface area (Å²) in [7, 11) is 0. The molecule has 4 aromatic rings. The molecule has 1 aromatic heterocycles. The molecule has 5 heteroatoms. The van der Waals surface area contributed by atoms with Gasteiger partial charge in [0.2, 0.25) is 5.95 Å². The van der Waals surface area contributed by atoms with E-state index >= 15 is 0 Å². The van der Waals surface area contributed by atoms with Crippen LogP contribution in [0.25, 0.3) is 11.0 Å². The number of rotatable bonds is 4. The number of nitrogens with one attached hydrogen (secondary N) is 2. The van der Waals surface area contributed by atoms with Gasteiger partial charge in [0.25, 0.3) is 0 Å². The summed E-state index contributed by atoms with van der Waals surface area (Å²) < 4.78 is 26.6. The van der Waals surface area contributed by atoms with Gasteiger partial charge < -0.3 is 10.3 Å². The normalized spacial score (nSPS) is 11.2. The van der Waals surface area contributed by atoms with E-state index in [2.05, 4.69) is 15.3 Å². The second-order valence-electron chi connectivity index (χ2n) is 5.78. The first-order chi connectivity index (χ1) is 12.2. The number of benzene rings is 3. The van der Waals surface area contributed by atoms with Gasteiger partial charge >= 0.3 is 0 Å². The zero-order valence-corrected chi connectivity index (χ0v) is 13.2. The molecule has 0 aliphatic heterocycles. The summed E-state index contributed by atoms with van der Waals surface area (Å²) in [4.78, 5) is 7.74. The molecule has 4 rings (SSSR count). The van der Waals surface area contributed by atoms with E-state index in [1.807, 2.05) is 24.3 Å². The van der Waals surface area contributed by atoms with Crippen molar-refractivity contribution in [2.45, 2.75) is 6.04 Å². The monoisotopic (exact) mass is 335 g/mol. The number of aromatic amines is 1. The minimum absolute atomic E-state index is 0.290. The largest absolute Gasteiger partial charge is 0.345 e. The minimum Gasteiger partial charge on any atom is -0.345 e. The van der Waals surface area contributed by atoms with Crippen molar-refractivity contribution in [2.75, 3.05) is 5.32 Å². The van der Waals surface area contributed by atoms with Crippen LogP contribution in [0, 0.1) is 11.6 Å². The third-order valence-corrected chi connectivity index (χ3v) is 4.08. The van der Waals surface area contributed by atoms with E-state index in [1.54, 1.807) is 24.3 Å². The van der Waals surface area contributed by atoms with Gasteiger partial charge in [-0.2, -0.15) is 0 Å². The molecule has 0 radical (unpaired) electrons. The predicted octanol–water partition coefficient (Wildman–Crippen LogP) is 5.04. The summed E-state index contributed by atoms with van der Waals surface area (Å²) in [6.07, 6.45) is 0. The van der Waals surface area contributed by atoms with Crippen LogP contribution in [0.1, 0.15) is 17.2 Å². The van der Waals surface area contributed by atoms with Gasteiger partial charge in [-0.25, -0.2) is 13.8 Å². The maximum Gasteiger partial charge on any atom is 0.201 e. The number of hydrogen-bond acceptors (Lipinski definition) is 2. The van der Waals surface area contributed by atoms with Crippen LogP contribution >= 0.6 is 0 Å². The summed E-state index contributed by atoms with van der Waals surface area (Å²) >= 11 is 0. The van der Waals surface area contributed by atoms with Gasteiger partial charge in [0.15, 0.2) is 0 Å². The molecule has 1 heterocycles. The highest BCUT2D eigenvalue weighted by Crippen LogP contribution is 2.27. The molecule has 3 nitrogen and oxygen atoms in total. The quantitative estimate of drug-likeness (QED) is 0.548. The van der Waals surface area contributed by atoms with Crippen molar-refractivity contribution in [1.29, 1.82) is 0 Å². The molecule has 3 aromatic carbocycles. The van der Waals surface area contributed by atoms with E-state index in [0.717, 1.165) is 22.2 Å². The summed E-state index contributed by atoms with van der Waals surface area (Å²) in [5, 5.41) is 3.33. The third kappa shape index (κ3) is 3.21. The van der Waals surface area contributed by atoms with Crippen LogP contribution in [0.3, 0.4) is 0 Å². The van der Waals surface area contributed by atoms with Crippen LogP contribution in [-0.2, 0) is 0 Å². The van der Waals surface area contributed by atoms with Crippen molar-refractivity contribution in [2.24, 2.45) is 0 Å². The molecule has 0 saturated carbocycles. The molecule has 0 bridgehead atoms. The van der Waals surface area contributed by atoms with Gasteiger partial charge in [0, 0.05) is 0 Å². The number of imidazole rings is 1. The van der Waals surface area contributed by atoms with Crippen LogP contribution in [-0.4, -0.2) is 9.97 Å². The number of hydrogen-bond donors (Lipinski definition) is 2. The number of fused-ring (bicyclic) bond motifs is 1. The fraction of sp³-hybridized carbons (Fsp3) is 0.0500. The molecule has 25 heavy (non-hydrogen) atoms. The highest BCUT2D eigenvalue weighted by Gasteiger charge is 2.16. The van der Waals surface area contributed by atoms with Crippen molar-refractivity contribution < 1.29 is 8.78 Å². The maximum absolute atomic E-state index is 13.3. The smallest absolute Gasteiger partial charge is 0.201 e. The van der Waals surface area contributed by atoms with E-state index in [4.69, 9.17) is 0 Å². The lowest BCUT2D eigenvalue weighted by molar-refractivity contribution is 0.625. The molecular weight excluding hydrogens is 320 g/mol. The number of para-hydroxylation sites is 2. The molecular formula is C20H15F2N3. The molecule has 0 saturated heterocycles. The molecule has 0 fully saturated rings. The average Bonchev–Trinajstić information content (AvgIpc) is 3.04. The van der Waals surface area contributed by atoms with Crippen LogP contribution in [0.5, 0.6) is 0 Å². The van der Waals surface area contributed by atoms with E-state index in [9.17, 15) is 8.78 Å². The first-order valence-corrected chi connectivity index (χ1v) is 7.91. The zero-order valence-electron chi connectivity index (χ0n) is 13.2. The predicted molar refractivity (Wildman–Crippen MR) is 94.4 cm³/mol. The zero-order chi connectivity index (χ0) is 17.2. The fourth-order valence-corrected chi connectivity index (χ4v) is 2.83. The number of anilines is 1. The second kappa shape index (κ2) is 6.36. The average molecular weight is 335 g/mol. The highest BCUT2D eigenvalue weighted by molar-refractivity contribution is 5.77. The minimum atomic E-state index is -0.301. The van der Waals surface area contributed by atoms with Crippen molar-refractivity contribution in [1.82, 2.24) is 9.97 Å². The van der Waals surface area contributed by atoms with E-state index in [1.165, 1.54) is 24.3 Å². The number of halogens is 2. The Morgan fingerprint density at radius 1 is 0.760 bits per heavy atom. The Balaban J connectivity index is 1.73. The summed E-state index contributed by atoms with van der Waals surface area (Å²) in [6.45, 7) is 0. The Bertz CT molecular complexity index is 913. The molecule has 0 unspecified atom stereocenters. The van der Waals surface area contributed by atoms with Crippen LogP contribution < -0.4 is 5.32 Å². The SMILES string of the molecule is Fc1ccc(C(Nc2nc3ccccc3[nH]2)c2ccc(F)cc2)cc1. The van der Waals surface area contributed by atoms with Gasteiger partial charge in [0.05, 0.1) is 17.1 Å². The molecule has 0 amide bonds. The standard InChI is InChI=1S/C20H15F2N3/c21-15-9-5-13(6-10-15)19(14-7-11-16(22)12-8-14)25-20-23-17-3-1-2-4-18(17)24-20/h1-12,19H,(H2,23,24,25). The molecule has 124 valence electrons. The van der Waals surface area contributed by atoms with E-state index in [-0.39, 0.29) is 17.7 Å². The fourth-order valence-electron chi connectivity index (χ4n) is 2.83. The molecule has 0 spiro atoms. The molecule has 0 aliphatic rings. The van der Waals surface area contributed by atoms with Crippen molar-refractivity contribution >= 4 is 17.0 Å². The van der Waals surface area contributed by atoms with Crippen LogP contribution in [0.15, 0.2) is 72.8 Å². The number of nitrogens with zero attached hydrogens (tertiary/aromatic N) is 1. The number of aromatic nitrogens is 2. The van der Waals surface area contributed by atoms with Gasteiger partial charge in [-0.15, -0.1) is 0 Å². The van der Waals surface area contributed by atoms with Gasteiger partial charge in [-0.05, 0) is 47.5 Å². The van der Waals surface area contributed by atoms with Gasteiger partial charge in [-0.3, -0.25) is 0 Å². The number of H-pyrrole nitrogens is 1. The lowest BCUT2D eigenvalue weighted by atomic mass is 9.99. The topological polar surface area (TPSA) is 40.7 Å². The molecule has 0 aliphatic carbocycles. The van der Waals surface area contributed by atoms with Crippen LogP contribution in [0.4, 0.5) is 14.7 Å². The Kier molecular flexibility index (Phi) is 3.90. The maximum atomic E-state index is 13.3. The van der Waals surface area contributed by atoms with E-state index in [0.29, 0.717) is 5.95 Å². The summed E-state index contributed by atoms with van der Waals surface area (Å²) in [5.41, 5.74) is 3.48. The lowest BCUT2D eigenvalue weighted by Crippen LogP contribution is -2.13. The Labute approximate surface area is 143 Å². The summed E-state index contributed by atoms with van der Waals surface area (Å²) in [6, 6.07) is 19.9. The second-order valence-corrected chi connectivity index (χ2v) is 5.78. The lowest BCUT2D eigenvalue weighted by Gasteiger charge is -2.19. The van der Waals surface area contributed by atoms with Gasteiger partial charge in [0.1, 0.15) is 11.6 Å². The Morgan fingerprint density at radius 2 is 1.32 bits per heavy atom. The van der Waals surface area contributed by atoms with Crippen molar-refractivity contribution in [3.63, 3.8) is 0 Å². The third-order valence-electron chi connectivity index (χ3n) is 4.08. The molecule has 2 N–H and O–H groups in total.